The first kappa shape index (κ1) is 39.2. The van der Waals surface area contributed by atoms with Crippen molar-refractivity contribution in [3.05, 3.63) is 81.9 Å². The van der Waals surface area contributed by atoms with Crippen LogP contribution in [0.3, 0.4) is 0 Å². The van der Waals surface area contributed by atoms with E-state index < -0.39 is 65.2 Å². The third kappa shape index (κ3) is 7.46. The fourth-order valence-electron chi connectivity index (χ4n) is 8.82. The zero-order valence-corrected chi connectivity index (χ0v) is 31.2. The monoisotopic (exact) mass is 811 g/mol. The summed E-state index contributed by atoms with van der Waals surface area (Å²) in [4.78, 5) is 59.4. The Hall–Kier alpha value is -5.59. The molecule has 5 aromatic rings. The summed E-state index contributed by atoms with van der Waals surface area (Å²) in [6, 6.07) is 6.96. The number of piperidine rings is 2. The number of nitrogens with one attached hydrogen (secondary N) is 2. The highest BCUT2D eigenvalue weighted by molar-refractivity contribution is 6.04. The minimum Gasteiger partial charge on any atom is -0.320 e. The van der Waals surface area contributed by atoms with E-state index >= 15 is 4.39 Å². The van der Waals surface area contributed by atoms with Crippen LogP contribution < -0.4 is 16.3 Å². The van der Waals surface area contributed by atoms with Gasteiger partial charge in [-0.15, -0.1) is 0 Å². The molecule has 1 aliphatic carbocycles. The van der Waals surface area contributed by atoms with Gasteiger partial charge in [-0.2, -0.15) is 18.3 Å². The molecule has 0 spiro atoms. The van der Waals surface area contributed by atoms with Gasteiger partial charge >= 0.3 is 11.9 Å². The van der Waals surface area contributed by atoms with E-state index in [2.05, 4.69) is 30.6 Å². The first-order valence-electron chi connectivity index (χ1n) is 19.1. The Morgan fingerprint density at radius 2 is 1.81 bits per heavy atom. The van der Waals surface area contributed by atoms with E-state index in [-0.39, 0.29) is 42.5 Å². The van der Waals surface area contributed by atoms with Crippen molar-refractivity contribution in [3.63, 3.8) is 0 Å². The number of carbonyl (C=O) groups is 3. The highest BCUT2D eigenvalue weighted by Gasteiger charge is 2.37. The standard InChI is InChI=1S/C39H39F6N9O4/c1-51-34-24(3-2-4-30(34)54(38(51)58)31-9-10-33(55)49-37(31)57)23-11-12-52(19-26(23)40)17-20-5-7-22(8-6-20)53-18-21-13-28(25(35(41)42)14-27(21)50-53)48-36(56)29-15-46-16-32(47-29)39(43,44)45/h2-4,13-16,18,20,22-23,26,31,35H,5-12,17,19H2,1H3,(H,48,56)(H,49,55,57)/t20?,22?,23-,26+,31?/m0/s1. The fraction of sp³-hybridized carbons (Fsp3) is 0.462. The molecule has 2 aliphatic heterocycles. The van der Waals surface area contributed by atoms with Gasteiger partial charge in [0.15, 0.2) is 5.69 Å². The number of anilines is 1. The molecule has 2 aromatic carbocycles. The van der Waals surface area contributed by atoms with E-state index in [9.17, 15) is 41.1 Å². The number of fused-ring (bicyclic) bond motifs is 2. The lowest BCUT2D eigenvalue weighted by Crippen LogP contribution is -2.44. The Morgan fingerprint density at radius 3 is 2.52 bits per heavy atom. The van der Waals surface area contributed by atoms with Crippen molar-refractivity contribution in [2.24, 2.45) is 13.0 Å². The van der Waals surface area contributed by atoms with E-state index in [1.54, 1.807) is 30.1 Å². The SMILES string of the molecule is Cn1c(=O)n(C2CCC(=O)NC2=O)c2cccc([C@@H]3CCN(CC4CCC(n5cc6cc(NC(=O)c7cncc(C(F)(F)F)n7)c(C(F)F)cc6n5)CC4)C[C@H]3F)c21. The maximum absolute atomic E-state index is 16.1. The van der Waals surface area contributed by atoms with Crippen molar-refractivity contribution in [2.45, 2.75) is 81.7 Å². The third-order valence-corrected chi connectivity index (χ3v) is 11.7. The molecule has 13 nitrogen and oxygen atoms in total. The second-order valence-corrected chi connectivity index (χ2v) is 15.4. The quantitative estimate of drug-likeness (QED) is 0.139. The molecule has 2 N–H and O–H groups in total. The average Bonchev–Trinajstić information content (AvgIpc) is 3.72. The number of halogens is 6. The number of imide groups is 1. The van der Waals surface area contributed by atoms with Crippen molar-refractivity contribution in [1.82, 2.24) is 39.1 Å². The molecule has 3 aliphatic rings. The van der Waals surface area contributed by atoms with E-state index in [1.807, 2.05) is 6.07 Å². The van der Waals surface area contributed by atoms with Gasteiger partial charge in [-0.1, -0.05) is 12.1 Å². The summed E-state index contributed by atoms with van der Waals surface area (Å²) in [5.41, 5.74) is -1.20. The van der Waals surface area contributed by atoms with Gasteiger partial charge in [0.2, 0.25) is 11.8 Å². The van der Waals surface area contributed by atoms with Crippen LogP contribution in [0.1, 0.15) is 96.7 Å². The second-order valence-electron chi connectivity index (χ2n) is 15.4. The lowest BCUT2D eigenvalue weighted by Gasteiger charge is -2.38. The number of imidazole rings is 1. The molecule has 0 radical (unpaired) electrons. The number of likely N-dealkylation sites (tertiary alicyclic amines) is 1. The zero-order valence-electron chi connectivity index (χ0n) is 31.2. The molecule has 2 saturated heterocycles. The Kier molecular flexibility index (Phi) is 10.4. The van der Waals surface area contributed by atoms with Gasteiger partial charge in [-0.25, -0.2) is 22.9 Å². The van der Waals surface area contributed by atoms with Crippen LogP contribution >= 0.6 is 0 Å². The lowest BCUT2D eigenvalue weighted by atomic mass is 9.83. The molecule has 5 heterocycles. The van der Waals surface area contributed by atoms with Gasteiger partial charge in [0.1, 0.15) is 17.9 Å². The highest BCUT2D eigenvalue weighted by Crippen LogP contribution is 2.39. The number of aromatic nitrogens is 6. The highest BCUT2D eigenvalue weighted by atomic mass is 19.4. The molecular formula is C39H39F6N9O4. The van der Waals surface area contributed by atoms with Crippen LogP contribution in [0.25, 0.3) is 21.9 Å². The normalized spacial score (nSPS) is 23.5. The summed E-state index contributed by atoms with van der Waals surface area (Å²) < 4.78 is 88.2. The number of alkyl halides is 6. The number of para-hydroxylation sites is 1. The Balaban J connectivity index is 0.902. The Labute approximate surface area is 326 Å². The molecule has 306 valence electrons. The number of nitrogens with zero attached hydrogens (tertiary/aromatic N) is 7. The number of benzene rings is 2. The number of amides is 3. The van der Waals surface area contributed by atoms with E-state index in [1.165, 1.54) is 15.2 Å². The third-order valence-electron chi connectivity index (χ3n) is 11.7. The lowest BCUT2D eigenvalue weighted by molar-refractivity contribution is -0.141. The molecule has 3 aromatic heterocycles. The van der Waals surface area contributed by atoms with Gasteiger partial charge in [0.05, 0.1) is 40.7 Å². The second kappa shape index (κ2) is 15.3. The van der Waals surface area contributed by atoms with E-state index in [4.69, 9.17) is 0 Å². The van der Waals surface area contributed by atoms with Gasteiger partial charge in [0, 0.05) is 49.6 Å². The number of hydrogen-bond acceptors (Lipinski definition) is 8. The van der Waals surface area contributed by atoms with Crippen molar-refractivity contribution in [1.29, 1.82) is 0 Å². The smallest absolute Gasteiger partial charge is 0.320 e. The first-order valence-corrected chi connectivity index (χ1v) is 19.1. The van der Waals surface area contributed by atoms with Gasteiger partial charge in [0.25, 0.3) is 12.3 Å². The number of aryl methyl sites for hydroxylation is 1. The molecule has 3 atom stereocenters. The van der Waals surface area contributed by atoms with Crippen LogP contribution in [-0.4, -0.2) is 77.3 Å². The molecule has 8 rings (SSSR count). The summed E-state index contributed by atoms with van der Waals surface area (Å²) in [6.45, 7) is 1.57. The molecule has 1 unspecified atom stereocenters. The number of carbonyl (C=O) groups excluding carboxylic acids is 3. The summed E-state index contributed by atoms with van der Waals surface area (Å²) in [5.74, 6) is -2.20. The van der Waals surface area contributed by atoms with E-state index in [0.29, 0.717) is 53.6 Å². The predicted octanol–water partition coefficient (Wildman–Crippen LogP) is 6.23. The molecule has 3 amide bonds. The predicted molar refractivity (Wildman–Crippen MR) is 198 cm³/mol. The minimum atomic E-state index is -4.85. The largest absolute Gasteiger partial charge is 0.434 e. The van der Waals surface area contributed by atoms with Crippen LogP contribution in [0.2, 0.25) is 0 Å². The van der Waals surface area contributed by atoms with Gasteiger partial charge in [-0.3, -0.25) is 38.5 Å². The van der Waals surface area contributed by atoms with Crippen molar-refractivity contribution in [3.8, 4) is 0 Å². The molecule has 3 fully saturated rings. The Bertz CT molecular complexity index is 2470. The zero-order chi connectivity index (χ0) is 41.0. The maximum Gasteiger partial charge on any atom is 0.434 e. The number of hydrogen-bond donors (Lipinski definition) is 2. The van der Waals surface area contributed by atoms with Crippen LogP contribution in [-0.2, 0) is 22.8 Å². The molecular weight excluding hydrogens is 772 g/mol. The van der Waals surface area contributed by atoms with Crippen molar-refractivity contribution < 1.29 is 40.7 Å². The topological polar surface area (TPSA) is 149 Å². The summed E-state index contributed by atoms with van der Waals surface area (Å²) in [6.07, 6.45) is -2.09. The van der Waals surface area contributed by atoms with Crippen LogP contribution in [0.5, 0.6) is 0 Å². The van der Waals surface area contributed by atoms with Crippen LogP contribution in [0.4, 0.5) is 32.0 Å². The van der Waals surface area contributed by atoms with Crippen LogP contribution in [0, 0.1) is 5.92 Å². The van der Waals surface area contributed by atoms with Gasteiger partial charge in [-0.05, 0) is 74.8 Å². The molecule has 1 saturated carbocycles. The molecule has 0 bridgehead atoms. The maximum atomic E-state index is 16.1. The molecule has 19 heteroatoms. The van der Waals surface area contributed by atoms with Gasteiger partial charge < -0.3 is 10.2 Å². The summed E-state index contributed by atoms with van der Waals surface area (Å²) >= 11 is 0. The first-order chi connectivity index (χ1) is 27.7. The summed E-state index contributed by atoms with van der Waals surface area (Å²) in [7, 11) is 1.61. The molecule has 58 heavy (non-hydrogen) atoms. The summed E-state index contributed by atoms with van der Waals surface area (Å²) in [5, 5.41) is 9.59. The Morgan fingerprint density at radius 1 is 1.03 bits per heavy atom. The van der Waals surface area contributed by atoms with Crippen molar-refractivity contribution in [2.75, 3.05) is 25.0 Å². The fourth-order valence-corrected chi connectivity index (χ4v) is 8.82. The minimum absolute atomic E-state index is 0.0312. The van der Waals surface area contributed by atoms with Crippen LogP contribution in [0.15, 0.2) is 53.7 Å². The average molecular weight is 812 g/mol. The van der Waals surface area contributed by atoms with Crippen molar-refractivity contribution >= 4 is 45.3 Å². The van der Waals surface area contributed by atoms with E-state index in [0.717, 1.165) is 37.9 Å². The number of rotatable bonds is 8.